The quantitative estimate of drug-likeness (QED) is 0.247. The molecule has 1 atom stereocenters. The Bertz CT molecular complexity index is 765. The van der Waals surface area contributed by atoms with E-state index in [-0.39, 0.29) is 10.9 Å². The minimum absolute atomic E-state index is 0.0279. The average Bonchev–Trinajstić information content (AvgIpc) is 3.03. The summed E-state index contributed by atoms with van der Waals surface area (Å²) < 4.78 is 11.7. The standard InChI is InChI=1S/C20H35N3O5SSi/c1-13(24)28-23-17(21)14-10-16(29-12-14)15(22-18(25)27-19(2,3)4)11-26-30(8,9)20(5,6)7/h10,12,15H,11H2,1-9H3,(H2,21,23)(H,22,25)/t15-/m1/s1. The Hall–Kier alpha value is -1.91. The fraction of sp³-hybridized carbons (Fsp3) is 0.650. The molecule has 0 unspecified atom stereocenters. The van der Waals surface area contributed by atoms with Crippen molar-refractivity contribution in [3.63, 3.8) is 0 Å². The Morgan fingerprint density at radius 1 is 1.20 bits per heavy atom. The lowest BCUT2D eigenvalue weighted by Crippen LogP contribution is -2.44. The van der Waals surface area contributed by atoms with Crippen molar-refractivity contribution >= 4 is 37.6 Å². The highest BCUT2D eigenvalue weighted by atomic mass is 32.1. The highest BCUT2D eigenvalue weighted by Gasteiger charge is 2.38. The van der Waals surface area contributed by atoms with E-state index in [0.717, 1.165) is 4.88 Å². The highest BCUT2D eigenvalue weighted by molar-refractivity contribution is 7.10. The van der Waals surface area contributed by atoms with Gasteiger partial charge in [-0.05, 0) is 45.0 Å². The van der Waals surface area contributed by atoms with Gasteiger partial charge in [-0.3, -0.25) is 10.2 Å². The minimum Gasteiger partial charge on any atom is -0.444 e. The zero-order chi connectivity index (χ0) is 23.3. The van der Waals surface area contributed by atoms with E-state index in [4.69, 9.17) is 14.6 Å². The molecule has 0 aromatic carbocycles. The highest BCUT2D eigenvalue weighted by Crippen LogP contribution is 2.37. The van der Waals surface area contributed by atoms with Crippen molar-refractivity contribution in [3.8, 4) is 0 Å². The van der Waals surface area contributed by atoms with Crippen LogP contribution >= 0.6 is 11.3 Å². The fourth-order valence-corrected chi connectivity index (χ4v) is 3.95. The molecule has 170 valence electrons. The van der Waals surface area contributed by atoms with Crippen molar-refractivity contribution in [2.45, 2.75) is 78.2 Å². The molecule has 10 heteroatoms. The van der Waals surface area contributed by atoms with Crippen molar-refractivity contribution in [2.75, 3.05) is 6.61 Å². The zero-order valence-corrected chi connectivity index (χ0v) is 21.2. The topological polar surface area (TPSA) is 110 Å². The van der Waals surface area contributed by atoms with Crippen LogP contribution in [0.4, 0.5) is 4.79 Å². The Morgan fingerprint density at radius 3 is 2.30 bits per heavy atom. The maximum absolute atomic E-state index is 12.4. The van der Waals surface area contributed by atoms with E-state index in [0.29, 0.717) is 12.2 Å². The fourth-order valence-electron chi connectivity index (χ4n) is 2.00. The van der Waals surface area contributed by atoms with Crippen LogP contribution < -0.4 is 10.8 Å². The predicted molar refractivity (Wildman–Crippen MR) is 121 cm³/mol. The Morgan fingerprint density at radius 2 is 1.80 bits per heavy atom. The van der Waals surface area contributed by atoms with Crippen molar-refractivity contribution < 1.29 is 23.6 Å². The number of ether oxygens (including phenoxy) is 1. The first-order chi connectivity index (χ1) is 13.5. The van der Waals surface area contributed by atoms with Gasteiger partial charge in [-0.25, -0.2) is 10.3 Å². The summed E-state index contributed by atoms with van der Waals surface area (Å²) in [5.41, 5.74) is 2.22. The third-order valence-electron chi connectivity index (χ3n) is 4.66. The molecule has 0 aliphatic heterocycles. The minimum atomic E-state index is -2.04. The third-order valence-corrected chi connectivity index (χ3v) is 10.2. The monoisotopic (exact) mass is 457 g/mol. The maximum atomic E-state index is 12.4. The number of thiophene rings is 1. The van der Waals surface area contributed by atoms with Gasteiger partial charge in [0.1, 0.15) is 5.60 Å². The Kier molecular flexibility index (Phi) is 8.65. The van der Waals surface area contributed by atoms with Crippen LogP contribution in [0.2, 0.25) is 18.1 Å². The van der Waals surface area contributed by atoms with Crippen LogP contribution in [0.15, 0.2) is 11.4 Å². The second-order valence-corrected chi connectivity index (χ2v) is 15.3. The van der Waals surface area contributed by atoms with Gasteiger partial charge in [0, 0.05) is 22.7 Å². The van der Waals surface area contributed by atoms with E-state index in [1.165, 1.54) is 18.3 Å². The van der Waals surface area contributed by atoms with Gasteiger partial charge in [0.25, 0.3) is 0 Å². The van der Waals surface area contributed by atoms with Gasteiger partial charge in [-0.2, -0.15) is 0 Å². The maximum Gasteiger partial charge on any atom is 0.408 e. The van der Waals surface area contributed by atoms with Crippen LogP contribution in [0.25, 0.3) is 0 Å². The van der Waals surface area contributed by atoms with Gasteiger partial charge < -0.3 is 19.3 Å². The first-order valence-corrected chi connectivity index (χ1v) is 13.5. The number of alkyl carbamates (subject to hydrolysis) is 1. The zero-order valence-electron chi connectivity index (χ0n) is 19.4. The summed E-state index contributed by atoms with van der Waals surface area (Å²) in [4.78, 5) is 28.8. The molecule has 1 heterocycles. The lowest BCUT2D eigenvalue weighted by atomic mass is 10.2. The van der Waals surface area contributed by atoms with Crippen LogP contribution in [-0.2, 0) is 18.8 Å². The number of rotatable bonds is 6. The Labute approximate surface area is 184 Å². The van der Waals surface area contributed by atoms with E-state index >= 15 is 0 Å². The van der Waals surface area contributed by atoms with Crippen LogP contribution in [0.1, 0.15) is 64.9 Å². The molecule has 8 nitrogen and oxygen atoms in total. The molecule has 0 saturated carbocycles. The van der Waals surface area contributed by atoms with Crippen LogP contribution in [-0.4, -0.2) is 38.4 Å². The number of hydrogen-bond acceptors (Lipinski definition) is 7. The predicted octanol–water partition coefficient (Wildman–Crippen LogP) is 4.73. The molecule has 0 fully saturated rings. The van der Waals surface area contributed by atoms with E-state index in [2.05, 4.69) is 49.5 Å². The van der Waals surface area contributed by atoms with Gasteiger partial charge >= 0.3 is 12.1 Å². The van der Waals surface area contributed by atoms with Gasteiger partial charge in [-0.1, -0.05) is 20.8 Å². The van der Waals surface area contributed by atoms with Crippen LogP contribution in [0.3, 0.4) is 0 Å². The smallest absolute Gasteiger partial charge is 0.408 e. The average molecular weight is 458 g/mol. The summed E-state index contributed by atoms with van der Waals surface area (Å²) in [5, 5.41) is 12.7. The summed E-state index contributed by atoms with van der Waals surface area (Å²) in [5.74, 6) is -0.587. The molecule has 1 aromatic rings. The SMILES string of the molecule is CC(=O)ONC(=N)c1csc([C@@H](CO[Si](C)(C)C(C)(C)C)NC(=O)OC(C)(C)C)c1. The lowest BCUT2D eigenvalue weighted by Gasteiger charge is -2.37. The largest absolute Gasteiger partial charge is 0.444 e. The molecule has 0 bridgehead atoms. The van der Waals surface area contributed by atoms with Gasteiger partial charge in [-0.15, -0.1) is 11.3 Å². The molecule has 1 amide bonds. The molecule has 30 heavy (non-hydrogen) atoms. The van der Waals surface area contributed by atoms with E-state index in [1.807, 2.05) is 0 Å². The van der Waals surface area contributed by atoms with Crippen LogP contribution in [0.5, 0.6) is 0 Å². The second kappa shape index (κ2) is 9.93. The number of hydroxylamine groups is 1. The van der Waals surface area contributed by atoms with Crippen molar-refractivity contribution in [3.05, 3.63) is 21.9 Å². The Balaban J connectivity index is 3.01. The van der Waals surface area contributed by atoms with E-state index in [9.17, 15) is 9.59 Å². The number of hydrogen-bond donors (Lipinski definition) is 3. The van der Waals surface area contributed by atoms with Crippen molar-refractivity contribution in [2.24, 2.45) is 0 Å². The molecule has 0 spiro atoms. The molecule has 0 aliphatic rings. The third kappa shape index (κ3) is 8.45. The number of nitrogens with one attached hydrogen (secondary N) is 3. The summed E-state index contributed by atoms with van der Waals surface area (Å²) in [6, 6.07) is 1.33. The van der Waals surface area contributed by atoms with E-state index < -0.39 is 32.0 Å². The molecular weight excluding hydrogens is 422 g/mol. The first-order valence-electron chi connectivity index (χ1n) is 9.76. The summed E-state index contributed by atoms with van der Waals surface area (Å²) in [7, 11) is -2.04. The number of amidine groups is 1. The van der Waals surface area contributed by atoms with Gasteiger partial charge in [0.05, 0.1) is 12.6 Å². The molecule has 1 rings (SSSR count). The summed E-state index contributed by atoms with van der Waals surface area (Å²) in [6.45, 7) is 17.7. The van der Waals surface area contributed by atoms with Crippen molar-refractivity contribution in [1.82, 2.24) is 10.8 Å². The molecular formula is C20H35N3O5SSi. The van der Waals surface area contributed by atoms with Crippen LogP contribution in [0, 0.1) is 5.41 Å². The molecule has 0 saturated heterocycles. The second-order valence-electron chi connectivity index (χ2n) is 9.58. The van der Waals surface area contributed by atoms with Crippen molar-refractivity contribution in [1.29, 1.82) is 5.41 Å². The summed E-state index contributed by atoms with van der Waals surface area (Å²) in [6.07, 6.45) is -0.533. The van der Waals surface area contributed by atoms with Gasteiger partial charge in [0.2, 0.25) is 0 Å². The molecule has 3 N–H and O–H groups in total. The normalized spacial score (nSPS) is 13.4. The molecule has 1 aromatic heterocycles. The first kappa shape index (κ1) is 26.1. The van der Waals surface area contributed by atoms with E-state index in [1.54, 1.807) is 32.2 Å². The number of carbonyl (C=O) groups excluding carboxylic acids is 2. The lowest BCUT2D eigenvalue weighted by molar-refractivity contribution is -0.145. The van der Waals surface area contributed by atoms with Gasteiger partial charge in [0.15, 0.2) is 14.2 Å². The number of amides is 1. The molecule has 0 radical (unpaired) electrons. The number of carbonyl (C=O) groups is 2. The summed E-state index contributed by atoms with van der Waals surface area (Å²) >= 11 is 1.38. The molecule has 0 aliphatic carbocycles.